The molecule has 3 rings (SSSR count). The summed E-state index contributed by atoms with van der Waals surface area (Å²) < 4.78 is 1.82. The third-order valence-electron chi connectivity index (χ3n) is 4.05. The van der Waals surface area contributed by atoms with E-state index in [-0.39, 0.29) is 5.56 Å². The van der Waals surface area contributed by atoms with Crippen molar-refractivity contribution in [3.8, 4) is 11.3 Å². The van der Waals surface area contributed by atoms with Gasteiger partial charge < -0.3 is 9.88 Å². The zero-order valence-electron chi connectivity index (χ0n) is 12.6. The highest BCUT2D eigenvalue weighted by Crippen LogP contribution is 2.26. The van der Waals surface area contributed by atoms with Gasteiger partial charge in [0, 0.05) is 24.7 Å². The summed E-state index contributed by atoms with van der Waals surface area (Å²) in [4.78, 5) is 17.1. The molecule has 4 nitrogen and oxygen atoms in total. The first kappa shape index (κ1) is 14.3. The van der Waals surface area contributed by atoms with E-state index in [2.05, 4.69) is 23.3 Å². The maximum Gasteiger partial charge on any atom is 0.259 e. The molecule has 0 saturated heterocycles. The van der Waals surface area contributed by atoms with E-state index in [1.165, 1.54) is 24.1 Å². The number of thiazole rings is 1. The zero-order chi connectivity index (χ0) is 14.8. The lowest BCUT2D eigenvalue weighted by Crippen LogP contribution is -2.25. The van der Waals surface area contributed by atoms with E-state index >= 15 is 0 Å². The van der Waals surface area contributed by atoms with Crippen LogP contribution in [0.25, 0.3) is 11.3 Å². The molecule has 1 N–H and O–H groups in total. The second kappa shape index (κ2) is 6.02. The van der Waals surface area contributed by atoms with E-state index in [4.69, 9.17) is 0 Å². The van der Waals surface area contributed by atoms with Crippen LogP contribution < -0.4 is 10.9 Å². The predicted molar refractivity (Wildman–Crippen MR) is 88.2 cm³/mol. The van der Waals surface area contributed by atoms with Crippen LogP contribution in [0.1, 0.15) is 37.4 Å². The molecule has 2 aromatic rings. The standard InChI is InChI=1S/C16H21N3OS/c1-3-8-17-16-18-13(10-21-16)12-9-11-6-4-5-7-14(11)19(2)15(12)20/h9-10H,3-8H2,1-2H3,(H,17,18). The van der Waals surface area contributed by atoms with Crippen molar-refractivity contribution in [3.05, 3.63) is 33.1 Å². The molecule has 1 aliphatic carbocycles. The second-order valence-electron chi connectivity index (χ2n) is 5.57. The molecule has 112 valence electrons. The molecule has 0 saturated carbocycles. The Balaban J connectivity index is 2.00. The molecule has 0 bridgehead atoms. The number of pyridine rings is 1. The van der Waals surface area contributed by atoms with Gasteiger partial charge in [-0.2, -0.15) is 0 Å². The number of fused-ring (bicyclic) bond motifs is 1. The summed E-state index contributed by atoms with van der Waals surface area (Å²) in [5, 5.41) is 6.15. The van der Waals surface area contributed by atoms with Crippen LogP contribution in [-0.2, 0) is 19.9 Å². The van der Waals surface area contributed by atoms with Crippen LogP contribution in [0, 0.1) is 0 Å². The SMILES string of the molecule is CCCNc1nc(-c2cc3c(n(C)c2=O)CCCC3)cs1. The lowest BCUT2D eigenvalue weighted by atomic mass is 9.94. The molecule has 0 fully saturated rings. The Kier molecular flexibility index (Phi) is 4.10. The number of nitrogens with one attached hydrogen (secondary N) is 1. The van der Waals surface area contributed by atoms with Gasteiger partial charge >= 0.3 is 0 Å². The monoisotopic (exact) mass is 303 g/mol. The maximum atomic E-state index is 12.6. The molecular weight excluding hydrogens is 282 g/mol. The topological polar surface area (TPSA) is 46.9 Å². The first-order valence-corrected chi connectivity index (χ1v) is 8.50. The first-order chi connectivity index (χ1) is 10.2. The van der Waals surface area contributed by atoms with Gasteiger partial charge in [0.05, 0.1) is 11.3 Å². The molecule has 0 atom stereocenters. The molecule has 0 aromatic carbocycles. The van der Waals surface area contributed by atoms with Crippen molar-refractivity contribution in [1.29, 1.82) is 0 Å². The van der Waals surface area contributed by atoms with Gasteiger partial charge in [0.15, 0.2) is 5.13 Å². The molecule has 0 amide bonds. The van der Waals surface area contributed by atoms with E-state index in [0.29, 0.717) is 0 Å². The van der Waals surface area contributed by atoms with Gasteiger partial charge in [0.1, 0.15) is 0 Å². The van der Waals surface area contributed by atoms with Crippen LogP contribution in [0.3, 0.4) is 0 Å². The number of hydrogen-bond donors (Lipinski definition) is 1. The van der Waals surface area contributed by atoms with Crippen molar-refractivity contribution in [2.45, 2.75) is 39.0 Å². The lowest BCUT2D eigenvalue weighted by molar-refractivity contribution is 0.624. The molecule has 0 unspecified atom stereocenters. The van der Waals surface area contributed by atoms with Crippen LogP contribution in [0.2, 0.25) is 0 Å². The van der Waals surface area contributed by atoms with Gasteiger partial charge in [-0.05, 0) is 43.7 Å². The van der Waals surface area contributed by atoms with Gasteiger partial charge in [-0.3, -0.25) is 4.79 Å². The van der Waals surface area contributed by atoms with Crippen LogP contribution in [0.15, 0.2) is 16.2 Å². The highest BCUT2D eigenvalue weighted by Gasteiger charge is 2.18. The average molecular weight is 303 g/mol. The molecule has 0 radical (unpaired) electrons. The summed E-state index contributed by atoms with van der Waals surface area (Å²) in [5.41, 5.74) is 4.12. The fourth-order valence-corrected chi connectivity index (χ4v) is 3.62. The molecule has 21 heavy (non-hydrogen) atoms. The largest absolute Gasteiger partial charge is 0.362 e. The van der Waals surface area contributed by atoms with E-state index in [1.54, 1.807) is 11.3 Å². The molecule has 5 heteroatoms. The third kappa shape index (κ3) is 2.75. The van der Waals surface area contributed by atoms with Crippen LogP contribution in [0.4, 0.5) is 5.13 Å². The molecule has 0 aliphatic heterocycles. The summed E-state index contributed by atoms with van der Waals surface area (Å²) in [7, 11) is 1.89. The number of nitrogens with zero attached hydrogens (tertiary/aromatic N) is 2. The van der Waals surface area contributed by atoms with Gasteiger partial charge in [-0.15, -0.1) is 11.3 Å². The highest BCUT2D eigenvalue weighted by molar-refractivity contribution is 7.14. The number of aromatic nitrogens is 2. The van der Waals surface area contributed by atoms with Gasteiger partial charge in [0.2, 0.25) is 0 Å². The minimum absolute atomic E-state index is 0.0722. The van der Waals surface area contributed by atoms with Gasteiger partial charge in [0.25, 0.3) is 5.56 Å². The minimum Gasteiger partial charge on any atom is -0.362 e. The first-order valence-electron chi connectivity index (χ1n) is 7.62. The van der Waals surface area contributed by atoms with Crippen molar-refractivity contribution in [2.24, 2.45) is 7.05 Å². The molecule has 1 aliphatic rings. The summed E-state index contributed by atoms with van der Waals surface area (Å²) in [5.74, 6) is 0. The Morgan fingerprint density at radius 3 is 3.00 bits per heavy atom. The van der Waals surface area contributed by atoms with Crippen molar-refractivity contribution in [1.82, 2.24) is 9.55 Å². The zero-order valence-corrected chi connectivity index (χ0v) is 13.4. The summed E-state index contributed by atoms with van der Waals surface area (Å²) in [6.45, 7) is 3.04. The molecule has 2 heterocycles. The fourth-order valence-electron chi connectivity index (χ4n) is 2.88. The average Bonchev–Trinajstić information content (AvgIpc) is 2.97. The summed E-state index contributed by atoms with van der Waals surface area (Å²) in [6.07, 6.45) is 5.55. The number of aryl methyl sites for hydroxylation is 1. The van der Waals surface area contributed by atoms with Crippen molar-refractivity contribution >= 4 is 16.5 Å². The fraction of sp³-hybridized carbons (Fsp3) is 0.500. The van der Waals surface area contributed by atoms with Gasteiger partial charge in [-0.1, -0.05) is 6.92 Å². The normalized spacial score (nSPS) is 14.0. The number of anilines is 1. The molecular formula is C16H21N3OS. The van der Waals surface area contributed by atoms with E-state index in [0.717, 1.165) is 42.2 Å². The molecule has 0 spiro atoms. The van der Waals surface area contributed by atoms with Crippen molar-refractivity contribution in [2.75, 3.05) is 11.9 Å². The lowest BCUT2D eigenvalue weighted by Gasteiger charge is -2.19. The third-order valence-corrected chi connectivity index (χ3v) is 4.85. The number of rotatable bonds is 4. The minimum atomic E-state index is 0.0722. The Hall–Kier alpha value is -1.62. The number of hydrogen-bond acceptors (Lipinski definition) is 4. The maximum absolute atomic E-state index is 12.6. The molecule has 2 aromatic heterocycles. The second-order valence-corrected chi connectivity index (χ2v) is 6.42. The van der Waals surface area contributed by atoms with E-state index < -0.39 is 0 Å². The predicted octanol–water partition coefficient (Wildman–Crippen LogP) is 3.21. The Morgan fingerprint density at radius 1 is 1.38 bits per heavy atom. The van der Waals surface area contributed by atoms with Crippen molar-refractivity contribution < 1.29 is 0 Å². The van der Waals surface area contributed by atoms with Gasteiger partial charge in [-0.25, -0.2) is 4.98 Å². The van der Waals surface area contributed by atoms with Crippen LogP contribution >= 0.6 is 11.3 Å². The van der Waals surface area contributed by atoms with Crippen molar-refractivity contribution in [3.63, 3.8) is 0 Å². The Bertz CT molecular complexity index is 702. The summed E-state index contributed by atoms with van der Waals surface area (Å²) in [6, 6.07) is 2.06. The highest BCUT2D eigenvalue weighted by atomic mass is 32.1. The smallest absolute Gasteiger partial charge is 0.259 e. The van der Waals surface area contributed by atoms with E-state index in [9.17, 15) is 4.79 Å². The Labute approximate surface area is 128 Å². The summed E-state index contributed by atoms with van der Waals surface area (Å²) >= 11 is 1.57. The van der Waals surface area contributed by atoms with E-state index in [1.807, 2.05) is 17.0 Å². The Morgan fingerprint density at radius 2 is 2.19 bits per heavy atom. The quantitative estimate of drug-likeness (QED) is 0.943. The van der Waals surface area contributed by atoms with Crippen LogP contribution in [0.5, 0.6) is 0 Å². The van der Waals surface area contributed by atoms with Crippen LogP contribution in [-0.4, -0.2) is 16.1 Å².